The van der Waals surface area contributed by atoms with E-state index in [1.807, 2.05) is 0 Å². The highest BCUT2D eigenvalue weighted by Crippen LogP contribution is 2.30. The standard InChI is InChI=1S/C14H18N2OS/c1-9(2)8-12-13(16-17-14(12)15)10-4-6-11(18-3)7-5-10/h4-7,9H,8,15H2,1-3H3. The molecular formula is C14H18N2OS. The van der Waals surface area contributed by atoms with E-state index in [4.69, 9.17) is 10.3 Å². The van der Waals surface area contributed by atoms with E-state index in [1.165, 1.54) is 4.90 Å². The van der Waals surface area contributed by atoms with Gasteiger partial charge in [-0.2, -0.15) is 0 Å². The lowest BCUT2D eigenvalue weighted by Gasteiger charge is -2.05. The summed E-state index contributed by atoms with van der Waals surface area (Å²) in [5, 5.41) is 4.09. The predicted molar refractivity (Wildman–Crippen MR) is 76.7 cm³/mol. The molecule has 0 saturated carbocycles. The molecule has 96 valence electrons. The van der Waals surface area contributed by atoms with E-state index in [9.17, 15) is 0 Å². The Balaban J connectivity index is 2.37. The van der Waals surface area contributed by atoms with Gasteiger partial charge in [-0.05, 0) is 30.7 Å². The fourth-order valence-corrected chi connectivity index (χ4v) is 2.31. The number of hydrogen-bond acceptors (Lipinski definition) is 4. The van der Waals surface area contributed by atoms with Crippen LogP contribution in [0.15, 0.2) is 33.7 Å². The van der Waals surface area contributed by atoms with Crippen LogP contribution in [0.5, 0.6) is 0 Å². The maximum atomic E-state index is 5.85. The molecular weight excluding hydrogens is 244 g/mol. The van der Waals surface area contributed by atoms with E-state index in [-0.39, 0.29) is 0 Å². The highest BCUT2D eigenvalue weighted by molar-refractivity contribution is 7.98. The first-order chi connectivity index (χ1) is 8.61. The third-order valence-corrected chi connectivity index (χ3v) is 3.54. The van der Waals surface area contributed by atoms with E-state index in [0.29, 0.717) is 11.8 Å². The normalized spacial score (nSPS) is 11.1. The van der Waals surface area contributed by atoms with Crippen molar-refractivity contribution in [2.75, 3.05) is 12.0 Å². The maximum Gasteiger partial charge on any atom is 0.225 e. The molecule has 0 fully saturated rings. The Bertz CT molecular complexity index is 517. The Kier molecular flexibility index (Phi) is 3.97. The quantitative estimate of drug-likeness (QED) is 0.850. The van der Waals surface area contributed by atoms with Crippen molar-refractivity contribution in [2.45, 2.75) is 25.2 Å². The Labute approximate surface area is 112 Å². The first kappa shape index (κ1) is 13.0. The smallest absolute Gasteiger partial charge is 0.225 e. The number of nitrogens with two attached hydrogens (primary N) is 1. The second-order valence-electron chi connectivity index (χ2n) is 4.70. The SMILES string of the molecule is CSc1ccc(-c2noc(N)c2CC(C)C)cc1. The first-order valence-electron chi connectivity index (χ1n) is 6.00. The third-order valence-electron chi connectivity index (χ3n) is 2.79. The zero-order chi connectivity index (χ0) is 13.1. The summed E-state index contributed by atoms with van der Waals surface area (Å²) >= 11 is 1.72. The molecule has 0 atom stereocenters. The minimum absolute atomic E-state index is 0.438. The van der Waals surface area contributed by atoms with E-state index in [2.05, 4.69) is 49.5 Å². The van der Waals surface area contributed by atoms with E-state index in [0.717, 1.165) is 23.2 Å². The van der Waals surface area contributed by atoms with Crippen molar-refractivity contribution in [1.29, 1.82) is 0 Å². The molecule has 0 aliphatic rings. The van der Waals surface area contributed by atoms with Crippen molar-refractivity contribution in [1.82, 2.24) is 5.16 Å². The zero-order valence-electron chi connectivity index (χ0n) is 10.9. The van der Waals surface area contributed by atoms with Gasteiger partial charge in [0.1, 0.15) is 5.69 Å². The number of thioether (sulfide) groups is 1. The summed E-state index contributed by atoms with van der Waals surface area (Å²) in [7, 11) is 0. The molecule has 18 heavy (non-hydrogen) atoms. The minimum Gasteiger partial charge on any atom is -0.367 e. The zero-order valence-corrected chi connectivity index (χ0v) is 11.8. The lowest BCUT2D eigenvalue weighted by Crippen LogP contribution is -1.98. The topological polar surface area (TPSA) is 52.0 Å². The Morgan fingerprint density at radius 3 is 2.50 bits per heavy atom. The summed E-state index contributed by atoms with van der Waals surface area (Å²) in [5.74, 6) is 0.962. The molecule has 2 aromatic rings. The molecule has 1 aromatic carbocycles. The average molecular weight is 262 g/mol. The van der Waals surface area contributed by atoms with Crippen molar-refractivity contribution < 1.29 is 4.52 Å². The van der Waals surface area contributed by atoms with Crippen molar-refractivity contribution >= 4 is 17.6 Å². The molecule has 0 radical (unpaired) electrons. The summed E-state index contributed by atoms with van der Waals surface area (Å²) in [4.78, 5) is 1.24. The van der Waals surface area contributed by atoms with Crippen molar-refractivity contribution in [3.8, 4) is 11.3 Å². The van der Waals surface area contributed by atoms with Gasteiger partial charge in [0.05, 0.1) is 0 Å². The number of hydrogen-bond donors (Lipinski definition) is 1. The average Bonchev–Trinajstić information content (AvgIpc) is 2.71. The van der Waals surface area contributed by atoms with E-state index < -0.39 is 0 Å². The van der Waals surface area contributed by atoms with Gasteiger partial charge in [0.2, 0.25) is 5.88 Å². The Morgan fingerprint density at radius 2 is 1.94 bits per heavy atom. The molecule has 2 N–H and O–H groups in total. The highest BCUT2D eigenvalue weighted by Gasteiger charge is 2.16. The van der Waals surface area contributed by atoms with Crippen LogP contribution >= 0.6 is 11.8 Å². The van der Waals surface area contributed by atoms with Crippen LogP contribution in [0.25, 0.3) is 11.3 Å². The fourth-order valence-electron chi connectivity index (χ4n) is 1.90. The second kappa shape index (κ2) is 5.48. The van der Waals surface area contributed by atoms with Gasteiger partial charge < -0.3 is 10.3 Å². The number of anilines is 1. The molecule has 1 aromatic heterocycles. The van der Waals surface area contributed by atoms with Crippen LogP contribution in [0.1, 0.15) is 19.4 Å². The Hall–Kier alpha value is -1.42. The molecule has 0 aliphatic heterocycles. The number of benzene rings is 1. The molecule has 0 amide bonds. The van der Waals surface area contributed by atoms with Crippen LogP contribution in [0, 0.1) is 5.92 Å². The largest absolute Gasteiger partial charge is 0.367 e. The van der Waals surface area contributed by atoms with Gasteiger partial charge in [0.25, 0.3) is 0 Å². The lowest BCUT2D eigenvalue weighted by molar-refractivity contribution is 0.438. The lowest BCUT2D eigenvalue weighted by atomic mass is 9.99. The Morgan fingerprint density at radius 1 is 1.28 bits per heavy atom. The van der Waals surface area contributed by atoms with Gasteiger partial charge in [-0.25, -0.2) is 0 Å². The van der Waals surface area contributed by atoms with Gasteiger partial charge >= 0.3 is 0 Å². The summed E-state index contributed by atoms with van der Waals surface area (Å²) < 4.78 is 5.13. The van der Waals surface area contributed by atoms with Gasteiger partial charge in [0.15, 0.2) is 0 Å². The molecule has 2 rings (SSSR count). The van der Waals surface area contributed by atoms with Gasteiger partial charge in [-0.1, -0.05) is 31.1 Å². The number of nitrogens with zero attached hydrogens (tertiary/aromatic N) is 1. The first-order valence-corrected chi connectivity index (χ1v) is 7.22. The van der Waals surface area contributed by atoms with Crippen LogP contribution in [-0.4, -0.2) is 11.4 Å². The van der Waals surface area contributed by atoms with Crippen molar-refractivity contribution in [3.63, 3.8) is 0 Å². The maximum absolute atomic E-state index is 5.85. The van der Waals surface area contributed by atoms with Crippen LogP contribution in [0.3, 0.4) is 0 Å². The van der Waals surface area contributed by atoms with Crippen LogP contribution < -0.4 is 5.73 Å². The number of rotatable bonds is 4. The fraction of sp³-hybridized carbons (Fsp3) is 0.357. The summed E-state index contributed by atoms with van der Waals surface area (Å²) in [6, 6.07) is 8.30. The molecule has 3 nitrogen and oxygen atoms in total. The molecule has 1 heterocycles. The van der Waals surface area contributed by atoms with Crippen LogP contribution in [0.4, 0.5) is 5.88 Å². The van der Waals surface area contributed by atoms with Crippen molar-refractivity contribution in [2.24, 2.45) is 5.92 Å². The van der Waals surface area contributed by atoms with Gasteiger partial charge in [0, 0.05) is 16.0 Å². The monoisotopic (exact) mass is 262 g/mol. The van der Waals surface area contributed by atoms with Gasteiger partial charge in [-0.3, -0.25) is 0 Å². The molecule has 0 aliphatic carbocycles. The van der Waals surface area contributed by atoms with Crippen molar-refractivity contribution in [3.05, 3.63) is 29.8 Å². The molecule has 0 saturated heterocycles. The number of nitrogen functional groups attached to an aromatic ring is 1. The van der Waals surface area contributed by atoms with E-state index in [1.54, 1.807) is 11.8 Å². The van der Waals surface area contributed by atoms with Crippen LogP contribution in [-0.2, 0) is 6.42 Å². The molecule has 0 unspecified atom stereocenters. The predicted octanol–water partition coefficient (Wildman–Crippen LogP) is 3.84. The molecule has 0 bridgehead atoms. The second-order valence-corrected chi connectivity index (χ2v) is 5.58. The molecule has 0 spiro atoms. The summed E-state index contributed by atoms with van der Waals surface area (Å²) in [6.07, 6.45) is 2.95. The summed E-state index contributed by atoms with van der Waals surface area (Å²) in [6.45, 7) is 4.32. The van der Waals surface area contributed by atoms with Gasteiger partial charge in [-0.15, -0.1) is 11.8 Å². The third kappa shape index (κ3) is 2.70. The number of aromatic nitrogens is 1. The highest BCUT2D eigenvalue weighted by atomic mass is 32.2. The molecule has 4 heteroatoms. The minimum atomic E-state index is 0.438. The van der Waals surface area contributed by atoms with Crippen LogP contribution in [0.2, 0.25) is 0 Å². The summed E-state index contributed by atoms with van der Waals surface area (Å²) in [5.41, 5.74) is 8.79. The van der Waals surface area contributed by atoms with E-state index >= 15 is 0 Å².